The number of pyridine rings is 1. The number of carbonyl (C=O) groups excluding carboxylic acids is 15. The molecular formula is C94H118F3N17O18S. The summed E-state index contributed by atoms with van der Waals surface area (Å²) in [5, 5.41) is 44.9. The van der Waals surface area contributed by atoms with Gasteiger partial charge in [0.05, 0.1) is 37.7 Å². The molecule has 0 radical (unpaired) electrons. The lowest BCUT2D eigenvalue weighted by Gasteiger charge is -2.37. The van der Waals surface area contributed by atoms with E-state index < -0.39 is 235 Å². The number of H-pyrrole nitrogens is 1. The molecular weight excluding hydrogens is 1740 g/mol. The van der Waals surface area contributed by atoms with Gasteiger partial charge < -0.3 is 93.3 Å². The van der Waals surface area contributed by atoms with E-state index in [1.807, 2.05) is 6.07 Å². The van der Waals surface area contributed by atoms with Crippen molar-refractivity contribution in [1.29, 1.82) is 0 Å². The molecule has 2 aromatic heterocycles. The number of rotatable bonds is 24. The zero-order chi connectivity index (χ0) is 97.4. The molecule has 714 valence electrons. The van der Waals surface area contributed by atoms with Crippen molar-refractivity contribution in [3.8, 4) is 5.75 Å². The molecule has 0 spiro atoms. The van der Waals surface area contributed by atoms with Crippen molar-refractivity contribution in [1.82, 2.24) is 82.3 Å². The lowest BCUT2D eigenvalue weighted by molar-refractivity contribution is -0.151. The van der Waals surface area contributed by atoms with Gasteiger partial charge in [0.25, 0.3) is 0 Å². The number of phenolic OH excluding ortho intramolecular Hbond substituents is 1. The van der Waals surface area contributed by atoms with Crippen LogP contribution in [0.4, 0.5) is 13.2 Å². The first-order valence-corrected chi connectivity index (χ1v) is 44.8. The number of aromatic hydroxyl groups is 1. The quantitative estimate of drug-likeness (QED) is 0.0387. The van der Waals surface area contributed by atoms with E-state index in [4.69, 9.17) is 5.73 Å². The molecule has 15 amide bonds. The van der Waals surface area contributed by atoms with Crippen molar-refractivity contribution < 1.29 is 100 Å². The number of nitrogens with two attached hydrogens (primary N) is 1. The van der Waals surface area contributed by atoms with Crippen LogP contribution in [0.2, 0.25) is 0 Å². The van der Waals surface area contributed by atoms with Crippen LogP contribution in [0.15, 0.2) is 152 Å². The summed E-state index contributed by atoms with van der Waals surface area (Å²) < 4.78 is 45.0. The molecule has 3 heterocycles. The number of nitrogens with zero attached hydrogens (tertiary/aromatic N) is 6. The predicted octanol–water partition coefficient (Wildman–Crippen LogP) is 3.07. The molecule has 14 N–H and O–H groups in total. The number of thioether (sulfide) groups is 1. The molecule has 39 heteroatoms. The first-order chi connectivity index (χ1) is 63.2. The third-order valence-electron chi connectivity index (χ3n) is 22.7. The molecule has 7 aromatic rings. The fraction of sp³-hybridized carbons (Fsp3) is 0.436. The highest BCUT2D eigenvalue weighted by molar-refractivity contribution is 8.00. The number of hydrogen-bond donors (Lipinski definition) is 13. The van der Waals surface area contributed by atoms with E-state index in [2.05, 4.69) is 57.8 Å². The number of hydrogen-bond acceptors (Lipinski definition) is 19. The molecule has 1 aliphatic rings. The Kier molecular flexibility index (Phi) is 39.8. The van der Waals surface area contributed by atoms with E-state index >= 15 is 42.3 Å². The van der Waals surface area contributed by atoms with E-state index in [-0.39, 0.29) is 75.0 Å². The number of likely N-dealkylation sites (N-methyl/N-ethyl adjacent to an activating group) is 5. The average molecular weight is 1860 g/mol. The molecule has 1 saturated heterocycles. The van der Waals surface area contributed by atoms with E-state index in [1.54, 1.807) is 132 Å². The summed E-state index contributed by atoms with van der Waals surface area (Å²) in [4.78, 5) is 246. The summed E-state index contributed by atoms with van der Waals surface area (Å²) in [6, 6.07) is 17.9. The Morgan fingerprint density at radius 3 is 1.69 bits per heavy atom. The monoisotopic (exact) mass is 1860 g/mol. The number of phenols is 1. The van der Waals surface area contributed by atoms with Crippen LogP contribution in [0.3, 0.4) is 0 Å². The topological polar surface area (TPSA) is 493 Å². The largest absolute Gasteiger partial charge is 0.508 e. The highest BCUT2D eigenvalue weighted by Crippen LogP contribution is 2.26. The summed E-state index contributed by atoms with van der Waals surface area (Å²) >= 11 is 0.690. The number of primary amides is 1. The molecule has 1 unspecified atom stereocenters. The Hall–Kier alpha value is -13.8. The number of benzene rings is 5. The van der Waals surface area contributed by atoms with Crippen LogP contribution in [0.5, 0.6) is 5.75 Å². The number of halogens is 3. The van der Waals surface area contributed by atoms with Crippen LogP contribution in [0.25, 0.3) is 10.9 Å². The summed E-state index contributed by atoms with van der Waals surface area (Å²) in [5.74, 6) is -24.8. The van der Waals surface area contributed by atoms with Gasteiger partial charge in [-0.2, -0.15) is 0 Å². The lowest BCUT2D eigenvalue weighted by Crippen LogP contribution is -2.61. The van der Waals surface area contributed by atoms with Gasteiger partial charge in [-0.05, 0) is 120 Å². The van der Waals surface area contributed by atoms with Gasteiger partial charge in [-0.25, -0.2) is 13.2 Å². The van der Waals surface area contributed by atoms with E-state index in [0.717, 1.165) is 24.5 Å². The Labute approximate surface area is 773 Å². The second-order valence-corrected chi connectivity index (χ2v) is 34.9. The van der Waals surface area contributed by atoms with Gasteiger partial charge >= 0.3 is 5.97 Å². The second kappa shape index (κ2) is 50.6. The minimum absolute atomic E-state index is 0.0686. The van der Waals surface area contributed by atoms with Gasteiger partial charge in [0, 0.05) is 103 Å². The van der Waals surface area contributed by atoms with Gasteiger partial charge in [0.2, 0.25) is 88.6 Å². The molecule has 1 fully saturated rings. The molecule has 0 bridgehead atoms. The van der Waals surface area contributed by atoms with Crippen LogP contribution < -0.4 is 53.6 Å². The van der Waals surface area contributed by atoms with Crippen LogP contribution in [-0.4, -0.2) is 273 Å². The summed E-state index contributed by atoms with van der Waals surface area (Å²) in [6.45, 7) is 5.56. The average Bonchev–Trinajstić information content (AvgIpc) is 1.81. The fourth-order valence-electron chi connectivity index (χ4n) is 15.3. The Balaban J connectivity index is 1.21. The maximum atomic E-state index is 15.5. The smallest absolute Gasteiger partial charge is 0.305 e. The number of carbonyl (C=O) groups is 16. The molecule has 0 aliphatic carbocycles. The van der Waals surface area contributed by atoms with Crippen LogP contribution >= 0.6 is 11.8 Å². The summed E-state index contributed by atoms with van der Waals surface area (Å²) in [5.41, 5.74) is 8.44. The van der Waals surface area contributed by atoms with Crippen molar-refractivity contribution >= 4 is 117 Å². The number of amides is 15. The first-order valence-electron chi connectivity index (χ1n) is 43.7. The van der Waals surface area contributed by atoms with Gasteiger partial charge in [-0.3, -0.25) is 81.7 Å². The third kappa shape index (κ3) is 31.5. The lowest BCUT2D eigenvalue weighted by atomic mass is 9.96. The highest BCUT2D eigenvalue weighted by Gasteiger charge is 2.42. The van der Waals surface area contributed by atoms with E-state index in [0.29, 0.717) is 69.0 Å². The number of fused-ring (bicyclic) bond motifs is 1. The SMILES string of the molecule is CCCC[C@H]1C(=O)N(C)CC(=O)N[C@@H](CC(=O)O)C(=O)N[C@@H](C(C)C)C(=O)N(C)C(Cc2ccccc2)C(=O)N[C@@H](Cc2ccc(O)cc2)C(=O)N(C)CC(=O)NC[C@@H](Cc2c[nH]c3ccccc23)C(=O)N[C@H](CCc2ccncc2)C(=O)N[C@@H](CC(C)C)C(=O)N[C@H](C(=O)NCC(N)=O)CSCC(=O)N[C@@H](Cc2cc(F)c(F)c(F)c2)C(=O)N(C)[C@@H](Cc2ccccc2)C(=O)N1C. The number of nitrogens with one attached hydrogen (secondary N) is 10. The molecule has 11 atom stereocenters. The first kappa shape index (κ1) is 105. The number of unbranched alkanes of at least 4 members (excludes halogenated alkanes) is 1. The van der Waals surface area contributed by atoms with Crippen LogP contribution in [0, 0.1) is 35.2 Å². The van der Waals surface area contributed by atoms with Crippen molar-refractivity contribution in [2.24, 2.45) is 23.5 Å². The zero-order valence-electron chi connectivity index (χ0n) is 75.9. The van der Waals surface area contributed by atoms with Crippen molar-refractivity contribution in [3.05, 3.63) is 203 Å². The minimum atomic E-state index is -1.95. The number of aromatic nitrogens is 2. The Bertz CT molecular complexity index is 5230. The second-order valence-electron chi connectivity index (χ2n) is 33.9. The third-order valence-corrected chi connectivity index (χ3v) is 23.7. The van der Waals surface area contributed by atoms with Crippen molar-refractivity contribution in [3.63, 3.8) is 0 Å². The fourth-order valence-corrected chi connectivity index (χ4v) is 16.1. The summed E-state index contributed by atoms with van der Waals surface area (Å²) in [6.07, 6.45) is 2.58. The van der Waals surface area contributed by atoms with E-state index in [9.17, 15) is 57.8 Å². The molecule has 133 heavy (non-hydrogen) atoms. The van der Waals surface area contributed by atoms with Crippen LogP contribution in [0.1, 0.15) is 107 Å². The van der Waals surface area contributed by atoms with Crippen molar-refractivity contribution in [2.75, 3.05) is 72.9 Å². The maximum Gasteiger partial charge on any atom is 0.305 e. The maximum absolute atomic E-state index is 15.5. The molecule has 0 saturated carbocycles. The zero-order valence-corrected chi connectivity index (χ0v) is 76.7. The predicted molar refractivity (Wildman–Crippen MR) is 487 cm³/mol. The number of carboxylic acids is 1. The number of carboxylic acid groups (broad SMARTS) is 1. The van der Waals surface area contributed by atoms with Gasteiger partial charge in [-0.15, -0.1) is 11.8 Å². The molecule has 5 aromatic carbocycles. The minimum Gasteiger partial charge on any atom is -0.508 e. The van der Waals surface area contributed by atoms with E-state index in [1.165, 1.54) is 71.9 Å². The van der Waals surface area contributed by atoms with Gasteiger partial charge in [-0.1, -0.05) is 138 Å². The van der Waals surface area contributed by atoms with Gasteiger partial charge in [0.15, 0.2) is 17.5 Å². The molecule has 35 nitrogen and oxygen atoms in total. The Morgan fingerprint density at radius 2 is 1.08 bits per heavy atom. The van der Waals surface area contributed by atoms with Gasteiger partial charge in [0.1, 0.15) is 66.2 Å². The van der Waals surface area contributed by atoms with Crippen molar-refractivity contribution in [2.45, 2.75) is 172 Å². The Morgan fingerprint density at radius 1 is 0.534 bits per heavy atom. The molecule has 1 aliphatic heterocycles. The number of para-hydroxylation sites is 1. The molecule has 8 rings (SSSR count). The number of aromatic amines is 1. The number of aryl methyl sites for hydroxylation is 1. The highest BCUT2D eigenvalue weighted by atomic mass is 32.2. The standard InChI is InChI=1S/C94H118F3N17O18S/c1-11-12-27-74-92(130)111(7)51-79(118)103-70(46-81(120)121)88(126)109-83(55(4)5)94(132)113(9)75(43-57-21-15-13-16-22-57)89(127)107-71(41-59-28-31-63(115)32-29-59)90(128)110(6)50-78(117)101-48-62(45-61-47-100-67-26-20-19-25-64(61)67)84(122)105-68(33-30-56-34-36-99-37-35-56)86(124)106-69(38-54(2)3)87(125)108-73(85(123)102-49-77(98)116)52-133-53-80(119)104-72(42-60-39-65(95)82(97)66(96)40-60)91(129)114(10)76(93(131)112(74)8)44-58-23-17-14-18-24-58/h13-26,28-29,31-32,34-37,39-40,47,54-55,62,68-76,83,100,115H,11-12,27,30,33,38,41-46,48-53H2,1-10H3,(H2,98,116)(H,101,117)(H,102,123)(H,103,118)(H,104,119)(H,105,122)(H,106,124)(H,107,127)(H,108,125)(H,109,126)(H,120,121)/t62-,68-,69+,70+,71+,72+,73+,74+,75?,76+,83+/m1/s1. The number of aliphatic carboxylic acids is 1. The summed E-state index contributed by atoms with van der Waals surface area (Å²) in [7, 11) is 6.19. The normalized spacial score (nSPS) is 21.7. The van der Waals surface area contributed by atoms with Crippen LogP contribution in [-0.2, 0) is 115 Å².